The monoisotopic (exact) mass is 224 g/mol. The summed E-state index contributed by atoms with van der Waals surface area (Å²) in [6.45, 7) is 12.4. The minimum atomic E-state index is -0.282. The summed E-state index contributed by atoms with van der Waals surface area (Å²) in [7, 11) is 0. The maximum atomic E-state index is 12.0. The van der Waals surface area contributed by atoms with E-state index >= 15 is 0 Å². The van der Waals surface area contributed by atoms with Crippen LogP contribution in [-0.2, 0) is 5.41 Å². The van der Waals surface area contributed by atoms with Crippen LogP contribution in [0.25, 0.3) is 0 Å². The molecule has 0 amide bonds. The van der Waals surface area contributed by atoms with Gasteiger partial charge in [0.2, 0.25) is 0 Å². The van der Waals surface area contributed by atoms with Crippen molar-refractivity contribution in [3.8, 4) is 0 Å². The lowest BCUT2D eigenvalue weighted by atomic mass is 9.86. The molecule has 0 aliphatic rings. The quantitative estimate of drug-likeness (QED) is 0.651. The highest BCUT2D eigenvalue weighted by Crippen LogP contribution is 2.31. The lowest BCUT2D eigenvalue weighted by Gasteiger charge is -2.16. The Kier molecular flexibility index (Phi) is 3.11. The third kappa shape index (κ3) is 2.91. The van der Waals surface area contributed by atoms with E-state index in [1.54, 1.807) is 11.3 Å². The normalized spacial score (nSPS) is 12.9. The highest BCUT2D eigenvalue weighted by molar-refractivity contribution is 7.10. The van der Waals surface area contributed by atoms with Crippen LogP contribution in [0.4, 0.5) is 0 Å². The minimum Gasteiger partial charge on any atom is -0.294 e. The molecule has 1 aromatic heterocycles. The van der Waals surface area contributed by atoms with Crippen LogP contribution in [0.15, 0.2) is 11.4 Å². The van der Waals surface area contributed by atoms with Crippen LogP contribution in [0.1, 0.15) is 56.8 Å². The number of carbonyl (C=O) groups is 1. The van der Waals surface area contributed by atoms with Gasteiger partial charge in [0.15, 0.2) is 5.78 Å². The molecule has 0 saturated heterocycles. The number of hydrogen-bond acceptors (Lipinski definition) is 2. The summed E-state index contributed by atoms with van der Waals surface area (Å²) in [6, 6.07) is 2.04. The van der Waals surface area contributed by atoms with Gasteiger partial charge in [-0.1, -0.05) is 41.5 Å². The van der Waals surface area contributed by atoms with Crippen molar-refractivity contribution in [3.63, 3.8) is 0 Å². The van der Waals surface area contributed by atoms with Gasteiger partial charge in [-0.05, 0) is 11.5 Å². The average Bonchev–Trinajstić information content (AvgIpc) is 2.47. The van der Waals surface area contributed by atoms with E-state index in [-0.39, 0.29) is 16.6 Å². The van der Waals surface area contributed by atoms with Crippen molar-refractivity contribution in [2.24, 2.45) is 5.41 Å². The molecule has 2 heteroatoms. The first-order chi connectivity index (χ1) is 6.62. The summed E-state index contributed by atoms with van der Waals surface area (Å²) in [5, 5.41) is 1.98. The smallest absolute Gasteiger partial charge is 0.169 e. The fraction of sp³-hybridized carbons (Fsp3) is 0.615. The second kappa shape index (κ2) is 3.75. The van der Waals surface area contributed by atoms with Crippen molar-refractivity contribution in [3.05, 3.63) is 21.9 Å². The maximum Gasteiger partial charge on any atom is 0.169 e. The van der Waals surface area contributed by atoms with Gasteiger partial charge < -0.3 is 0 Å². The van der Waals surface area contributed by atoms with Gasteiger partial charge in [-0.15, -0.1) is 11.3 Å². The molecule has 0 fully saturated rings. The molecule has 84 valence electrons. The summed E-state index contributed by atoms with van der Waals surface area (Å²) < 4.78 is 0. The topological polar surface area (TPSA) is 17.1 Å². The van der Waals surface area contributed by atoms with Crippen molar-refractivity contribution in [2.45, 2.75) is 47.0 Å². The first-order valence-electron chi connectivity index (χ1n) is 5.26. The van der Waals surface area contributed by atoms with E-state index in [2.05, 4.69) is 20.8 Å². The molecule has 15 heavy (non-hydrogen) atoms. The Hall–Kier alpha value is -0.630. The Morgan fingerprint density at radius 2 is 1.67 bits per heavy atom. The van der Waals surface area contributed by atoms with Gasteiger partial charge >= 0.3 is 0 Å². The van der Waals surface area contributed by atoms with Gasteiger partial charge in [-0.3, -0.25) is 4.79 Å². The van der Waals surface area contributed by atoms with E-state index in [0.717, 1.165) is 5.56 Å². The Morgan fingerprint density at radius 3 is 2.00 bits per heavy atom. The zero-order chi connectivity index (χ0) is 11.9. The molecule has 0 aliphatic heterocycles. The molecular weight excluding hydrogens is 204 g/mol. The Balaban J connectivity index is 3.01. The standard InChI is InChI=1S/C13H20OS/c1-12(2,3)10-7-9(8-15-10)11(14)13(4,5)6/h7-8H,1-6H3. The highest BCUT2D eigenvalue weighted by atomic mass is 32.1. The maximum absolute atomic E-state index is 12.0. The molecule has 1 rings (SSSR count). The first kappa shape index (κ1) is 12.4. The van der Waals surface area contributed by atoms with Gasteiger partial charge in [-0.25, -0.2) is 0 Å². The summed E-state index contributed by atoms with van der Waals surface area (Å²) >= 11 is 1.68. The van der Waals surface area contributed by atoms with Crippen LogP contribution in [0.3, 0.4) is 0 Å². The van der Waals surface area contributed by atoms with Gasteiger partial charge in [0, 0.05) is 21.2 Å². The van der Waals surface area contributed by atoms with Crippen LogP contribution in [0.2, 0.25) is 0 Å². The number of hydrogen-bond donors (Lipinski definition) is 0. The van der Waals surface area contributed by atoms with E-state index in [4.69, 9.17) is 0 Å². The van der Waals surface area contributed by atoms with Crippen molar-refractivity contribution in [2.75, 3.05) is 0 Å². The number of carbonyl (C=O) groups excluding carboxylic acids is 1. The predicted molar refractivity (Wildman–Crippen MR) is 66.8 cm³/mol. The molecule has 0 N–H and O–H groups in total. The fourth-order valence-corrected chi connectivity index (χ4v) is 2.26. The summed E-state index contributed by atoms with van der Waals surface area (Å²) in [5.41, 5.74) is 0.717. The molecular formula is C13H20OS. The lowest BCUT2D eigenvalue weighted by Crippen LogP contribution is -2.19. The van der Waals surface area contributed by atoms with Crippen molar-refractivity contribution >= 4 is 17.1 Å². The minimum absolute atomic E-state index is 0.140. The summed E-state index contributed by atoms with van der Waals surface area (Å²) in [4.78, 5) is 13.3. The summed E-state index contributed by atoms with van der Waals surface area (Å²) in [6.07, 6.45) is 0. The van der Waals surface area contributed by atoms with E-state index in [0.29, 0.717) is 0 Å². The van der Waals surface area contributed by atoms with Crippen LogP contribution >= 0.6 is 11.3 Å². The third-order valence-electron chi connectivity index (χ3n) is 2.28. The van der Waals surface area contributed by atoms with E-state index in [1.807, 2.05) is 32.2 Å². The molecule has 1 heterocycles. The molecule has 0 spiro atoms. The van der Waals surface area contributed by atoms with E-state index < -0.39 is 0 Å². The van der Waals surface area contributed by atoms with Crippen LogP contribution in [-0.4, -0.2) is 5.78 Å². The number of rotatable bonds is 1. The molecule has 0 saturated carbocycles. The zero-order valence-electron chi connectivity index (χ0n) is 10.5. The lowest BCUT2D eigenvalue weighted by molar-refractivity contribution is 0.0859. The number of Topliss-reactive ketones (excluding diaryl/α,β-unsaturated/α-hetero) is 1. The fourth-order valence-electron chi connectivity index (χ4n) is 1.28. The molecule has 0 unspecified atom stereocenters. The van der Waals surface area contributed by atoms with Crippen LogP contribution in [0, 0.1) is 5.41 Å². The Labute approximate surface area is 96.5 Å². The number of thiophene rings is 1. The molecule has 1 aromatic rings. The SMILES string of the molecule is CC(C)(C)C(=O)c1csc(C(C)(C)C)c1. The molecule has 0 aromatic carbocycles. The van der Waals surface area contributed by atoms with E-state index in [9.17, 15) is 4.79 Å². The van der Waals surface area contributed by atoms with Gasteiger partial charge in [-0.2, -0.15) is 0 Å². The van der Waals surface area contributed by atoms with Gasteiger partial charge in [0.1, 0.15) is 0 Å². The molecule has 0 radical (unpaired) electrons. The van der Waals surface area contributed by atoms with Gasteiger partial charge in [0.05, 0.1) is 0 Å². The zero-order valence-corrected chi connectivity index (χ0v) is 11.3. The van der Waals surface area contributed by atoms with Crippen molar-refractivity contribution in [1.29, 1.82) is 0 Å². The highest BCUT2D eigenvalue weighted by Gasteiger charge is 2.25. The number of ketones is 1. The Bertz CT molecular complexity index is 361. The molecule has 0 bridgehead atoms. The van der Waals surface area contributed by atoms with Gasteiger partial charge in [0.25, 0.3) is 0 Å². The Morgan fingerprint density at radius 1 is 1.13 bits per heavy atom. The van der Waals surface area contributed by atoms with E-state index in [1.165, 1.54) is 4.88 Å². The largest absolute Gasteiger partial charge is 0.294 e. The van der Waals surface area contributed by atoms with Crippen LogP contribution < -0.4 is 0 Å². The second-order valence-corrected chi connectivity index (χ2v) is 6.94. The third-order valence-corrected chi connectivity index (χ3v) is 3.64. The average molecular weight is 224 g/mol. The second-order valence-electron chi connectivity index (χ2n) is 6.03. The summed E-state index contributed by atoms with van der Waals surface area (Å²) in [5.74, 6) is 0.231. The molecule has 0 aliphatic carbocycles. The first-order valence-corrected chi connectivity index (χ1v) is 6.14. The van der Waals surface area contributed by atoms with Crippen LogP contribution in [0.5, 0.6) is 0 Å². The molecule has 0 atom stereocenters. The van der Waals surface area contributed by atoms with Crippen molar-refractivity contribution in [1.82, 2.24) is 0 Å². The predicted octanol–water partition coefficient (Wildman–Crippen LogP) is 4.27. The van der Waals surface area contributed by atoms with Crippen molar-refractivity contribution < 1.29 is 4.79 Å². The molecule has 1 nitrogen and oxygen atoms in total.